The summed E-state index contributed by atoms with van der Waals surface area (Å²) in [7, 11) is 0. The second-order valence-electron chi connectivity index (χ2n) is 4.56. The molecule has 0 atom stereocenters. The first-order valence-corrected chi connectivity index (χ1v) is 7.01. The Morgan fingerprint density at radius 3 is 2.75 bits per heavy atom. The van der Waals surface area contributed by atoms with Gasteiger partial charge in [0.25, 0.3) is 5.91 Å². The molecule has 1 amide bonds. The number of fused-ring (bicyclic) bond motifs is 1. The molecular formula is C16H12FNOS. The molecular weight excluding hydrogens is 273 g/mol. The van der Waals surface area contributed by atoms with Crippen molar-refractivity contribution in [3.05, 3.63) is 64.8 Å². The Bertz CT molecular complexity index is 794. The summed E-state index contributed by atoms with van der Waals surface area (Å²) in [6, 6.07) is 13.9. The van der Waals surface area contributed by atoms with E-state index in [4.69, 9.17) is 0 Å². The lowest BCUT2D eigenvalue weighted by Gasteiger charge is -2.06. The predicted octanol–water partition coefficient (Wildman–Crippen LogP) is 4.60. The average Bonchev–Trinajstić information content (AvgIpc) is 2.84. The molecule has 2 aromatic carbocycles. The molecule has 4 heteroatoms. The molecule has 100 valence electrons. The van der Waals surface area contributed by atoms with Crippen LogP contribution in [0.4, 0.5) is 10.1 Å². The van der Waals surface area contributed by atoms with Crippen LogP contribution in [0.5, 0.6) is 0 Å². The predicted molar refractivity (Wildman–Crippen MR) is 80.9 cm³/mol. The smallest absolute Gasteiger partial charge is 0.265 e. The lowest BCUT2D eigenvalue weighted by Crippen LogP contribution is -2.10. The Morgan fingerprint density at radius 1 is 1.15 bits per heavy atom. The molecule has 0 aliphatic carbocycles. The van der Waals surface area contributed by atoms with Crippen LogP contribution >= 0.6 is 11.3 Å². The molecule has 0 spiro atoms. The third-order valence-electron chi connectivity index (χ3n) is 3.10. The molecule has 0 fully saturated rings. The van der Waals surface area contributed by atoms with Crippen LogP contribution in [0.15, 0.2) is 48.5 Å². The quantitative estimate of drug-likeness (QED) is 0.732. The summed E-state index contributed by atoms with van der Waals surface area (Å²) in [6.07, 6.45) is 0. The number of carbonyl (C=O) groups excluding carboxylic acids is 1. The zero-order valence-electron chi connectivity index (χ0n) is 10.8. The zero-order valence-corrected chi connectivity index (χ0v) is 11.6. The van der Waals surface area contributed by atoms with E-state index in [0.717, 1.165) is 21.3 Å². The molecule has 3 rings (SSSR count). The lowest BCUT2D eigenvalue weighted by molar-refractivity contribution is 0.103. The van der Waals surface area contributed by atoms with Crippen molar-refractivity contribution in [2.45, 2.75) is 6.92 Å². The zero-order chi connectivity index (χ0) is 14.1. The summed E-state index contributed by atoms with van der Waals surface area (Å²) in [4.78, 5) is 12.8. The van der Waals surface area contributed by atoms with Gasteiger partial charge >= 0.3 is 0 Å². The molecule has 0 aliphatic heterocycles. The van der Waals surface area contributed by atoms with Gasteiger partial charge in [-0.3, -0.25) is 4.79 Å². The van der Waals surface area contributed by atoms with Crippen LogP contribution in [-0.2, 0) is 0 Å². The number of benzene rings is 2. The standard InChI is InChI=1S/C16H12FNOS/c1-10-4-2-3-5-13(10)18-16(19)15-9-11-8-12(17)6-7-14(11)20-15/h2-9H,1H3,(H,18,19). The number of hydrogen-bond donors (Lipinski definition) is 1. The Morgan fingerprint density at radius 2 is 1.95 bits per heavy atom. The van der Waals surface area contributed by atoms with E-state index in [1.807, 2.05) is 31.2 Å². The molecule has 0 unspecified atom stereocenters. The van der Waals surface area contributed by atoms with E-state index < -0.39 is 0 Å². The number of amides is 1. The normalized spacial score (nSPS) is 10.7. The summed E-state index contributed by atoms with van der Waals surface area (Å²) in [5.74, 6) is -0.456. The van der Waals surface area contributed by atoms with Crippen LogP contribution in [0.25, 0.3) is 10.1 Å². The van der Waals surface area contributed by atoms with Gasteiger partial charge in [-0.25, -0.2) is 4.39 Å². The van der Waals surface area contributed by atoms with Gasteiger partial charge < -0.3 is 5.32 Å². The number of thiophene rings is 1. The third kappa shape index (κ3) is 2.42. The van der Waals surface area contributed by atoms with Crippen molar-refractivity contribution in [3.8, 4) is 0 Å². The molecule has 1 aromatic heterocycles. The summed E-state index contributed by atoms with van der Waals surface area (Å²) in [5, 5.41) is 3.63. The fourth-order valence-corrected chi connectivity index (χ4v) is 2.96. The minimum Gasteiger partial charge on any atom is -0.321 e. The van der Waals surface area contributed by atoms with Gasteiger partial charge in [0.05, 0.1) is 4.88 Å². The SMILES string of the molecule is Cc1ccccc1NC(=O)c1cc2cc(F)ccc2s1. The van der Waals surface area contributed by atoms with Gasteiger partial charge in [0.1, 0.15) is 5.82 Å². The number of carbonyl (C=O) groups is 1. The molecule has 0 saturated carbocycles. The van der Waals surface area contributed by atoms with Crippen LogP contribution in [0.1, 0.15) is 15.2 Å². The number of halogens is 1. The van der Waals surface area contributed by atoms with Crippen LogP contribution in [0.2, 0.25) is 0 Å². The number of anilines is 1. The van der Waals surface area contributed by atoms with Gasteiger partial charge in [-0.2, -0.15) is 0 Å². The summed E-state index contributed by atoms with van der Waals surface area (Å²) < 4.78 is 14.1. The van der Waals surface area contributed by atoms with Gasteiger partial charge in [0.15, 0.2) is 0 Å². The minimum absolute atomic E-state index is 0.166. The lowest BCUT2D eigenvalue weighted by atomic mass is 10.2. The average molecular weight is 285 g/mol. The Balaban J connectivity index is 1.91. The minimum atomic E-state index is -0.291. The van der Waals surface area contributed by atoms with E-state index in [2.05, 4.69) is 5.32 Å². The van der Waals surface area contributed by atoms with Crippen LogP contribution in [-0.4, -0.2) is 5.91 Å². The summed E-state index contributed by atoms with van der Waals surface area (Å²) >= 11 is 1.36. The van der Waals surface area contributed by atoms with E-state index in [-0.39, 0.29) is 11.7 Å². The van der Waals surface area contributed by atoms with E-state index in [9.17, 15) is 9.18 Å². The number of para-hydroxylation sites is 1. The molecule has 0 saturated heterocycles. The highest BCUT2D eigenvalue weighted by Gasteiger charge is 2.11. The van der Waals surface area contributed by atoms with Crippen LogP contribution in [0, 0.1) is 12.7 Å². The molecule has 0 aliphatic rings. The Labute approximate surface area is 119 Å². The van der Waals surface area contributed by atoms with E-state index in [1.54, 1.807) is 12.1 Å². The molecule has 20 heavy (non-hydrogen) atoms. The van der Waals surface area contributed by atoms with Crippen molar-refractivity contribution in [2.75, 3.05) is 5.32 Å². The van der Waals surface area contributed by atoms with E-state index >= 15 is 0 Å². The maximum atomic E-state index is 13.2. The topological polar surface area (TPSA) is 29.1 Å². The Kier molecular flexibility index (Phi) is 3.24. The van der Waals surface area contributed by atoms with Crippen molar-refractivity contribution in [2.24, 2.45) is 0 Å². The second kappa shape index (κ2) is 5.06. The fraction of sp³-hybridized carbons (Fsp3) is 0.0625. The first kappa shape index (κ1) is 12.8. The van der Waals surface area contributed by atoms with E-state index in [1.165, 1.54) is 23.5 Å². The third-order valence-corrected chi connectivity index (χ3v) is 4.21. The second-order valence-corrected chi connectivity index (χ2v) is 5.65. The van der Waals surface area contributed by atoms with Crippen LogP contribution in [0.3, 0.4) is 0 Å². The van der Waals surface area contributed by atoms with Crippen molar-refractivity contribution in [1.82, 2.24) is 0 Å². The first-order chi connectivity index (χ1) is 9.63. The van der Waals surface area contributed by atoms with Gasteiger partial charge in [-0.1, -0.05) is 18.2 Å². The highest BCUT2D eigenvalue weighted by atomic mass is 32.1. The maximum Gasteiger partial charge on any atom is 0.265 e. The summed E-state index contributed by atoms with van der Waals surface area (Å²) in [6.45, 7) is 1.94. The monoisotopic (exact) mass is 285 g/mol. The van der Waals surface area contributed by atoms with Gasteiger partial charge in [-0.05, 0) is 48.2 Å². The Hall–Kier alpha value is -2.20. The van der Waals surface area contributed by atoms with Crippen molar-refractivity contribution in [1.29, 1.82) is 0 Å². The highest BCUT2D eigenvalue weighted by molar-refractivity contribution is 7.20. The molecule has 1 heterocycles. The molecule has 2 nitrogen and oxygen atoms in total. The molecule has 3 aromatic rings. The van der Waals surface area contributed by atoms with Gasteiger partial charge in [0, 0.05) is 10.4 Å². The molecule has 0 radical (unpaired) electrons. The number of nitrogens with one attached hydrogen (secondary N) is 1. The fourth-order valence-electron chi connectivity index (χ4n) is 2.02. The number of rotatable bonds is 2. The summed E-state index contributed by atoms with van der Waals surface area (Å²) in [5.41, 5.74) is 1.80. The highest BCUT2D eigenvalue weighted by Crippen LogP contribution is 2.27. The molecule has 0 bridgehead atoms. The van der Waals surface area contributed by atoms with Crippen molar-refractivity contribution in [3.63, 3.8) is 0 Å². The van der Waals surface area contributed by atoms with Crippen molar-refractivity contribution < 1.29 is 9.18 Å². The number of aryl methyl sites for hydroxylation is 1. The first-order valence-electron chi connectivity index (χ1n) is 6.19. The largest absolute Gasteiger partial charge is 0.321 e. The van der Waals surface area contributed by atoms with Crippen molar-refractivity contribution >= 4 is 33.0 Å². The van der Waals surface area contributed by atoms with Crippen LogP contribution < -0.4 is 5.32 Å². The number of hydrogen-bond acceptors (Lipinski definition) is 2. The molecule has 1 N–H and O–H groups in total. The van der Waals surface area contributed by atoms with Gasteiger partial charge in [-0.15, -0.1) is 11.3 Å². The van der Waals surface area contributed by atoms with E-state index in [0.29, 0.717) is 4.88 Å². The van der Waals surface area contributed by atoms with Gasteiger partial charge in [0.2, 0.25) is 0 Å². The maximum absolute atomic E-state index is 13.2.